The number of carbonyl (C=O) groups excluding carboxylic acids is 1. The number of hydrogen-bond acceptors (Lipinski definition) is 4. The Hall–Kier alpha value is -2.66. The fraction of sp³-hybridized carbons (Fsp3) is 0.222. The van der Waals surface area contributed by atoms with Gasteiger partial charge >= 0.3 is 0 Å². The zero-order valence-electron chi connectivity index (χ0n) is 12.9. The lowest BCUT2D eigenvalue weighted by Crippen LogP contribution is -2.12. The third-order valence-electron chi connectivity index (χ3n) is 3.71. The standard InChI is InChI=1S/C18H18N2O3/c1-13(22)14-6-2-5-9-17(14)23-11-10-20-16-8-4-3-7-15(16)19-18(20)12-21/h2-9,21H,10-12H2,1H3. The number of ether oxygens (including phenoxy) is 1. The Balaban J connectivity index is 1.78. The van der Waals surface area contributed by atoms with Crippen molar-refractivity contribution in [1.82, 2.24) is 9.55 Å². The van der Waals surface area contributed by atoms with Crippen molar-refractivity contribution in [3.63, 3.8) is 0 Å². The Morgan fingerprint density at radius 3 is 2.70 bits per heavy atom. The van der Waals surface area contributed by atoms with E-state index in [1.54, 1.807) is 12.1 Å². The first-order valence-corrected chi connectivity index (χ1v) is 7.48. The van der Waals surface area contributed by atoms with Crippen molar-refractivity contribution in [3.8, 4) is 5.75 Å². The molecule has 1 aromatic heterocycles. The molecule has 0 aliphatic rings. The van der Waals surface area contributed by atoms with Gasteiger partial charge in [0.05, 0.1) is 23.1 Å². The lowest BCUT2D eigenvalue weighted by atomic mass is 10.1. The molecule has 1 heterocycles. The number of imidazole rings is 1. The average Bonchev–Trinajstić information content (AvgIpc) is 2.93. The van der Waals surface area contributed by atoms with Gasteiger partial charge < -0.3 is 14.4 Å². The monoisotopic (exact) mass is 310 g/mol. The van der Waals surface area contributed by atoms with Gasteiger partial charge in [-0.1, -0.05) is 24.3 Å². The molecule has 118 valence electrons. The van der Waals surface area contributed by atoms with Crippen LogP contribution in [-0.2, 0) is 13.2 Å². The van der Waals surface area contributed by atoms with Crippen molar-refractivity contribution < 1.29 is 14.6 Å². The number of aliphatic hydroxyl groups excluding tert-OH is 1. The molecule has 3 rings (SSSR count). The molecule has 0 aliphatic carbocycles. The fourth-order valence-electron chi connectivity index (χ4n) is 2.63. The van der Waals surface area contributed by atoms with Crippen molar-refractivity contribution in [1.29, 1.82) is 0 Å². The van der Waals surface area contributed by atoms with Crippen LogP contribution in [0.2, 0.25) is 0 Å². The summed E-state index contributed by atoms with van der Waals surface area (Å²) >= 11 is 0. The second-order valence-corrected chi connectivity index (χ2v) is 5.23. The molecule has 0 saturated carbocycles. The van der Waals surface area contributed by atoms with Crippen LogP contribution in [0.15, 0.2) is 48.5 Å². The largest absolute Gasteiger partial charge is 0.491 e. The zero-order valence-corrected chi connectivity index (χ0v) is 12.9. The quantitative estimate of drug-likeness (QED) is 0.711. The van der Waals surface area contributed by atoms with Crippen LogP contribution in [-0.4, -0.2) is 27.0 Å². The first-order chi connectivity index (χ1) is 11.2. The fourth-order valence-corrected chi connectivity index (χ4v) is 2.63. The molecule has 0 unspecified atom stereocenters. The summed E-state index contributed by atoms with van der Waals surface area (Å²) in [6, 6.07) is 14.9. The number of carbonyl (C=O) groups is 1. The number of fused-ring (bicyclic) bond motifs is 1. The molecule has 2 aromatic carbocycles. The van der Waals surface area contributed by atoms with Gasteiger partial charge in [-0.3, -0.25) is 4.79 Å². The topological polar surface area (TPSA) is 64.3 Å². The number of hydrogen-bond donors (Lipinski definition) is 1. The van der Waals surface area contributed by atoms with Crippen molar-refractivity contribution in [2.24, 2.45) is 0 Å². The first kappa shape index (κ1) is 15.2. The predicted molar refractivity (Wildman–Crippen MR) is 87.6 cm³/mol. The summed E-state index contributed by atoms with van der Waals surface area (Å²) in [5.74, 6) is 1.16. The highest BCUT2D eigenvalue weighted by molar-refractivity contribution is 5.96. The minimum absolute atomic E-state index is 0.0234. The maximum absolute atomic E-state index is 11.6. The smallest absolute Gasteiger partial charge is 0.163 e. The minimum Gasteiger partial charge on any atom is -0.491 e. The molecule has 5 heteroatoms. The Morgan fingerprint density at radius 1 is 1.17 bits per heavy atom. The van der Waals surface area contributed by atoms with Crippen LogP contribution < -0.4 is 4.74 Å². The summed E-state index contributed by atoms with van der Waals surface area (Å²) in [6.45, 7) is 2.33. The van der Waals surface area contributed by atoms with E-state index in [2.05, 4.69) is 4.98 Å². The van der Waals surface area contributed by atoms with E-state index in [4.69, 9.17) is 4.74 Å². The zero-order chi connectivity index (χ0) is 16.2. The van der Waals surface area contributed by atoms with E-state index in [-0.39, 0.29) is 12.4 Å². The molecule has 1 N–H and O–H groups in total. The molecule has 0 amide bonds. The van der Waals surface area contributed by atoms with Crippen LogP contribution in [0.25, 0.3) is 11.0 Å². The minimum atomic E-state index is -0.126. The van der Waals surface area contributed by atoms with Crippen molar-refractivity contribution in [2.45, 2.75) is 20.1 Å². The molecule has 0 bridgehead atoms. The van der Waals surface area contributed by atoms with Gasteiger partial charge in [0.25, 0.3) is 0 Å². The molecule has 0 radical (unpaired) electrons. The van der Waals surface area contributed by atoms with Crippen LogP contribution in [0.1, 0.15) is 23.1 Å². The highest BCUT2D eigenvalue weighted by Crippen LogP contribution is 2.19. The van der Waals surface area contributed by atoms with E-state index >= 15 is 0 Å². The summed E-state index contributed by atoms with van der Waals surface area (Å²) < 4.78 is 7.71. The SMILES string of the molecule is CC(=O)c1ccccc1OCCn1c(CO)nc2ccccc21. The molecule has 23 heavy (non-hydrogen) atoms. The highest BCUT2D eigenvalue weighted by atomic mass is 16.5. The summed E-state index contributed by atoms with van der Waals surface area (Å²) in [5, 5.41) is 9.48. The van der Waals surface area contributed by atoms with E-state index in [1.165, 1.54) is 6.92 Å². The van der Waals surface area contributed by atoms with Gasteiger partial charge in [-0.05, 0) is 31.2 Å². The number of aromatic nitrogens is 2. The number of para-hydroxylation sites is 3. The van der Waals surface area contributed by atoms with Crippen LogP contribution >= 0.6 is 0 Å². The lowest BCUT2D eigenvalue weighted by Gasteiger charge is -2.12. The molecule has 3 aromatic rings. The van der Waals surface area contributed by atoms with Crippen LogP contribution in [0.4, 0.5) is 0 Å². The molecule has 0 fully saturated rings. The van der Waals surface area contributed by atoms with E-state index in [9.17, 15) is 9.90 Å². The number of benzene rings is 2. The summed E-state index contributed by atoms with van der Waals surface area (Å²) in [7, 11) is 0. The number of nitrogens with zero attached hydrogens (tertiary/aromatic N) is 2. The third-order valence-corrected chi connectivity index (χ3v) is 3.71. The number of aliphatic hydroxyl groups is 1. The second kappa shape index (κ2) is 6.62. The van der Waals surface area contributed by atoms with Crippen molar-refractivity contribution >= 4 is 16.8 Å². The van der Waals surface area contributed by atoms with Crippen molar-refractivity contribution in [3.05, 3.63) is 59.9 Å². The first-order valence-electron chi connectivity index (χ1n) is 7.48. The summed E-state index contributed by atoms with van der Waals surface area (Å²) in [6.07, 6.45) is 0. The van der Waals surface area contributed by atoms with Crippen LogP contribution in [0.3, 0.4) is 0 Å². The lowest BCUT2D eigenvalue weighted by molar-refractivity contribution is 0.101. The van der Waals surface area contributed by atoms with Gasteiger partial charge in [0.1, 0.15) is 24.8 Å². The maximum atomic E-state index is 11.6. The summed E-state index contributed by atoms with van der Waals surface area (Å²) in [5.41, 5.74) is 2.38. The van der Waals surface area contributed by atoms with Gasteiger partial charge in [0.2, 0.25) is 0 Å². The normalized spacial score (nSPS) is 10.9. The molecule has 0 saturated heterocycles. The van der Waals surface area contributed by atoms with Crippen LogP contribution in [0, 0.1) is 0 Å². The molecule has 5 nitrogen and oxygen atoms in total. The van der Waals surface area contributed by atoms with Gasteiger partial charge in [-0.2, -0.15) is 0 Å². The van der Waals surface area contributed by atoms with Gasteiger partial charge in [-0.15, -0.1) is 0 Å². The molecule has 0 spiro atoms. The van der Waals surface area contributed by atoms with E-state index in [0.29, 0.717) is 30.3 Å². The van der Waals surface area contributed by atoms with E-state index < -0.39 is 0 Å². The molecular formula is C18H18N2O3. The van der Waals surface area contributed by atoms with E-state index in [0.717, 1.165) is 11.0 Å². The summed E-state index contributed by atoms with van der Waals surface area (Å²) in [4.78, 5) is 16.0. The Kier molecular flexibility index (Phi) is 4.39. The maximum Gasteiger partial charge on any atom is 0.163 e. The second-order valence-electron chi connectivity index (χ2n) is 5.23. The highest BCUT2D eigenvalue weighted by Gasteiger charge is 2.11. The predicted octanol–water partition coefficient (Wildman–Crippen LogP) is 2.81. The molecular weight excluding hydrogens is 292 g/mol. The Morgan fingerprint density at radius 2 is 1.91 bits per heavy atom. The molecule has 0 aliphatic heterocycles. The number of rotatable bonds is 6. The van der Waals surface area contributed by atoms with Crippen molar-refractivity contribution in [2.75, 3.05) is 6.61 Å². The van der Waals surface area contributed by atoms with Crippen LogP contribution in [0.5, 0.6) is 5.75 Å². The van der Waals surface area contributed by atoms with E-state index in [1.807, 2.05) is 41.0 Å². The van der Waals surface area contributed by atoms with Gasteiger partial charge in [0, 0.05) is 0 Å². The van der Waals surface area contributed by atoms with Gasteiger partial charge in [0.15, 0.2) is 5.78 Å². The average molecular weight is 310 g/mol. The Labute approximate surface area is 134 Å². The number of Topliss-reactive ketones (excluding diaryl/α,β-unsaturated/α-hetero) is 1. The third kappa shape index (κ3) is 3.10. The number of ketones is 1. The van der Waals surface area contributed by atoms with Gasteiger partial charge in [-0.25, -0.2) is 4.98 Å². The Bertz CT molecular complexity index is 839. The molecule has 0 atom stereocenters.